The highest BCUT2D eigenvalue weighted by atomic mass is 35.5. The van der Waals surface area contributed by atoms with Gasteiger partial charge in [0.15, 0.2) is 0 Å². The molecule has 0 atom stereocenters. The number of carboxylic acids is 2. The summed E-state index contributed by atoms with van der Waals surface area (Å²) in [6.07, 6.45) is 0. The number of benzene rings is 2. The molecule has 0 spiro atoms. The number of hydrogen-bond acceptors (Lipinski definition) is 3. The van der Waals surface area contributed by atoms with Crippen molar-refractivity contribution in [3.8, 4) is 0 Å². The Morgan fingerprint density at radius 1 is 0.917 bits per heavy atom. The predicted octanol–water partition coefficient (Wildman–Crippen LogP) is 3.14. The molecule has 0 heterocycles. The lowest BCUT2D eigenvalue weighted by Crippen LogP contribution is -2.17. The molecule has 2 aromatic carbocycles. The topological polar surface area (TPSA) is 118 Å². The van der Waals surface area contributed by atoms with Gasteiger partial charge in [0, 0.05) is 5.02 Å². The third kappa shape index (κ3) is 5.10. The van der Waals surface area contributed by atoms with E-state index >= 15 is 0 Å². The molecule has 24 heavy (non-hydrogen) atoms. The molecular weight excluding hydrogens is 334 g/mol. The van der Waals surface area contributed by atoms with Crippen LogP contribution in [0.15, 0.2) is 36.4 Å². The molecule has 0 fully saturated rings. The van der Waals surface area contributed by atoms with Crippen LogP contribution in [0.1, 0.15) is 42.2 Å². The minimum Gasteiger partial charge on any atom is -0.478 e. The van der Waals surface area contributed by atoms with Crippen molar-refractivity contribution < 1.29 is 24.6 Å². The smallest absolute Gasteiger partial charge is 0.336 e. The van der Waals surface area contributed by atoms with Gasteiger partial charge in [0.05, 0.1) is 16.7 Å². The SMILES string of the molecule is Cc1ccc(C)c(Cl)c1.NC(=O)c1ccc(C(=O)O)cc1C(=O)O. The summed E-state index contributed by atoms with van der Waals surface area (Å²) >= 11 is 5.81. The van der Waals surface area contributed by atoms with Crippen molar-refractivity contribution in [1.82, 2.24) is 0 Å². The van der Waals surface area contributed by atoms with E-state index in [4.69, 9.17) is 27.5 Å². The summed E-state index contributed by atoms with van der Waals surface area (Å²) in [5.74, 6) is -3.58. The number of hydrogen-bond donors (Lipinski definition) is 3. The molecule has 0 aromatic heterocycles. The zero-order valence-electron chi connectivity index (χ0n) is 13.0. The molecular formula is C17H16ClNO5. The fourth-order valence-corrected chi connectivity index (χ4v) is 2.00. The summed E-state index contributed by atoms with van der Waals surface area (Å²) in [4.78, 5) is 32.1. The molecule has 0 unspecified atom stereocenters. The van der Waals surface area contributed by atoms with E-state index in [-0.39, 0.29) is 11.1 Å². The van der Waals surface area contributed by atoms with E-state index in [2.05, 4.69) is 6.07 Å². The van der Waals surface area contributed by atoms with Gasteiger partial charge in [-0.15, -0.1) is 0 Å². The summed E-state index contributed by atoms with van der Waals surface area (Å²) in [6, 6.07) is 9.14. The molecule has 0 radical (unpaired) electrons. The summed E-state index contributed by atoms with van der Waals surface area (Å²) < 4.78 is 0. The minimum atomic E-state index is -1.40. The van der Waals surface area contributed by atoms with Gasteiger partial charge in [-0.1, -0.05) is 23.7 Å². The number of carbonyl (C=O) groups is 3. The van der Waals surface area contributed by atoms with Crippen LogP contribution in [0.3, 0.4) is 0 Å². The largest absolute Gasteiger partial charge is 0.478 e. The van der Waals surface area contributed by atoms with E-state index in [0.717, 1.165) is 28.8 Å². The summed E-state index contributed by atoms with van der Waals surface area (Å²) in [5, 5.41) is 18.2. The highest BCUT2D eigenvalue weighted by molar-refractivity contribution is 6.31. The lowest BCUT2D eigenvalue weighted by Gasteiger charge is -2.02. The Morgan fingerprint density at radius 2 is 1.54 bits per heavy atom. The van der Waals surface area contributed by atoms with Crippen LogP contribution in [-0.4, -0.2) is 28.1 Å². The standard InChI is InChI=1S/C9H7NO5.C8H9Cl/c10-7(11)5-2-1-4(8(12)13)3-6(5)9(14)15;1-6-3-4-7(2)8(9)5-6/h1-3H,(H2,10,11)(H,12,13)(H,14,15);3-5H,1-2H3. The molecule has 6 nitrogen and oxygen atoms in total. The second-order valence-corrected chi connectivity index (χ2v) is 5.39. The summed E-state index contributed by atoms with van der Waals surface area (Å²) in [6.45, 7) is 4.03. The van der Waals surface area contributed by atoms with Crippen LogP contribution in [0.2, 0.25) is 5.02 Å². The molecule has 0 aliphatic heterocycles. The van der Waals surface area contributed by atoms with Gasteiger partial charge in [-0.05, 0) is 49.2 Å². The molecule has 0 aliphatic carbocycles. The number of aryl methyl sites for hydroxylation is 2. The Balaban J connectivity index is 0.000000272. The van der Waals surface area contributed by atoms with Crippen molar-refractivity contribution in [3.63, 3.8) is 0 Å². The quantitative estimate of drug-likeness (QED) is 0.786. The summed E-state index contributed by atoms with van der Waals surface area (Å²) in [5.41, 5.74) is 6.44. The van der Waals surface area contributed by atoms with E-state index in [9.17, 15) is 14.4 Å². The van der Waals surface area contributed by atoms with E-state index in [0.29, 0.717) is 0 Å². The predicted molar refractivity (Wildman–Crippen MR) is 89.8 cm³/mol. The molecule has 126 valence electrons. The van der Waals surface area contributed by atoms with Crippen molar-refractivity contribution in [2.75, 3.05) is 0 Å². The Bertz CT molecular complexity index is 802. The molecule has 0 saturated carbocycles. The molecule has 0 bridgehead atoms. The van der Waals surface area contributed by atoms with Gasteiger partial charge in [-0.2, -0.15) is 0 Å². The number of rotatable bonds is 3. The lowest BCUT2D eigenvalue weighted by atomic mass is 10.0. The molecule has 0 saturated heterocycles. The Morgan fingerprint density at radius 3 is 1.96 bits per heavy atom. The maximum Gasteiger partial charge on any atom is 0.336 e. The Kier molecular flexibility index (Phi) is 6.49. The first kappa shape index (κ1) is 19.2. The highest BCUT2D eigenvalue weighted by Gasteiger charge is 2.16. The zero-order valence-corrected chi connectivity index (χ0v) is 13.8. The van der Waals surface area contributed by atoms with Gasteiger partial charge in [-0.25, -0.2) is 9.59 Å². The molecule has 2 aromatic rings. The summed E-state index contributed by atoms with van der Waals surface area (Å²) in [7, 11) is 0. The van der Waals surface area contributed by atoms with Gasteiger partial charge < -0.3 is 15.9 Å². The number of carbonyl (C=O) groups excluding carboxylic acids is 1. The second-order valence-electron chi connectivity index (χ2n) is 4.99. The Hall–Kier alpha value is -2.86. The number of carboxylic acid groups (broad SMARTS) is 2. The van der Waals surface area contributed by atoms with Crippen LogP contribution >= 0.6 is 11.6 Å². The highest BCUT2D eigenvalue weighted by Crippen LogP contribution is 2.15. The first-order valence-electron chi connectivity index (χ1n) is 6.76. The van der Waals surface area contributed by atoms with Gasteiger partial charge in [-0.3, -0.25) is 4.79 Å². The fourth-order valence-electron chi connectivity index (χ4n) is 1.77. The molecule has 1 amide bonds. The maximum atomic E-state index is 10.8. The average molecular weight is 350 g/mol. The lowest BCUT2D eigenvalue weighted by molar-refractivity contribution is 0.0692. The van der Waals surface area contributed by atoms with Gasteiger partial charge in [0.2, 0.25) is 5.91 Å². The average Bonchev–Trinajstić information content (AvgIpc) is 2.51. The number of primary amides is 1. The molecule has 4 N–H and O–H groups in total. The number of nitrogens with two attached hydrogens (primary N) is 1. The minimum absolute atomic E-state index is 0.211. The zero-order chi connectivity index (χ0) is 18.4. The first-order chi connectivity index (χ1) is 11.1. The van der Waals surface area contributed by atoms with Gasteiger partial charge >= 0.3 is 11.9 Å². The third-order valence-electron chi connectivity index (χ3n) is 3.09. The Labute approximate surface area is 143 Å². The molecule has 7 heteroatoms. The normalized spacial score (nSPS) is 9.62. The van der Waals surface area contributed by atoms with Crippen LogP contribution in [0.25, 0.3) is 0 Å². The number of amides is 1. The molecule has 0 aliphatic rings. The first-order valence-corrected chi connectivity index (χ1v) is 7.14. The van der Waals surface area contributed by atoms with Crippen molar-refractivity contribution in [2.45, 2.75) is 13.8 Å². The van der Waals surface area contributed by atoms with Crippen LogP contribution in [-0.2, 0) is 0 Å². The van der Waals surface area contributed by atoms with E-state index in [1.807, 2.05) is 26.0 Å². The van der Waals surface area contributed by atoms with Crippen molar-refractivity contribution >= 4 is 29.4 Å². The van der Waals surface area contributed by atoms with Crippen LogP contribution < -0.4 is 5.73 Å². The fraction of sp³-hybridized carbons (Fsp3) is 0.118. The van der Waals surface area contributed by atoms with Gasteiger partial charge in [0.1, 0.15) is 0 Å². The van der Waals surface area contributed by atoms with Crippen LogP contribution in [0, 0.1) is 13.8 Å². The van der Waals surface area contributed by atoms with E-state index in [1.165, 1.54) is 5.56 Å². The van der Waals surface area contributed by atoms with E-state index in [1.54, 1.807) is 0 Å². The van der Waals surface area contributed by atoms with Crippen LogP contribution in [0.5, 0.6) is 0 Å². The maximum absolute atomic E-state index is 10.8. The van der Waals surface area contributed by atoms with Crippen molar-refractivity contribution in [3.05, 3.63) is 69.2 Å². The van der Waals surface area contributed by atoms with E-state index < -0.39 is 23.4 Å². The van der Waals surface area contributed by atoms with Gasteiger partial charge in [0.25, 0.3) is 0 Å². The third-order valence-corrected chi connectivity index (χ3v) is 3.50. The molecule has 2 rings (SSSR count). The number of halogens is 1. The van der Waals surface area contributed by atoms with Crippen molar-refractivity contribution in [1.29, 1.82) is 0 Å². The van der Waals surface area contributed by atoms with Crippen LogP contribution in [0.4, 0.5) is 0 Å². The van der Waals surface area contributed by atoms with Crippen molar-refractivity contribution in [2.24, 2.45) is 5.73 Å². The monoisotopic (exact) mass is 349 g/mol. The second kappa shape index (κ2) is 8.12. The number of aromatic carboxylic acids is 2.